The number of fused-ring (bicyclic) bond motifs is 7. The zero-order valence-corrected chi connectivity index (χ0v) is 15.7. The molecular formula is C25H17BN2O. The molecule has 0 aliphatic carbocycles. The molecule has 1 aliphatic rings. The van der Waals surface area contributed by atoms with Gasteiger partial charge in [0.2, 0.25) is 0 Å². The van der Waals surface area contributed by atoms with E-state index in [1.54, 1.807) is 0 Å². The Hall–Kier alpha value is -3.79. The van der Waals surface area contributed by atoms with Crippen molar-refractivity contribution in [3.05, 3.63) is 103 Å². The number of benzene rings is 4. The second kappa shape index (κ2) is 6.38. The van der Waals surface area contributed by atoms with Crippen molar-refractivity contribution in [2.24, 2.45) is 0 Å². The molecule has 0 unspecified atom stereocenters. The summed E-state index contributed by atoms with van der Waals surface area (Å²) >= 11 is 0. The first-order chi connectivity index (χ1) is 14.4. The minimum absolute atomic E-state index is 0.312. The molecule has 136 valence electrons. The first-order valence-corrected chi connectivity index (χ1v) is 9.77. The van der Waals surface area contributed by atoms with E-state index in [9.17, 15) is 0 Å². The van der Waals surface area contributed by atoms with Gasteiger partial charge in [0.15, 0.2) is 0 Å². The summed E-state index contributed by atoms with van der Waals surface area (Å²) < 4.78 is 8.92. The highest BCUT2D eigenvalue weighted by molar-refractivity contribution is 6.68. The van der Waals surface area contributed by atoms with Crippen molar-refractivity contribution in [1.82, 2.24) is 9.46 Å². The summed E-state index contributed by atoms with van der Waals surface area (Å²) in [5, 5.41) is 0. The Morgan fingerprint density at radius 3 is 2.14 bits per heavy atom. The highest BCUT2D eigenvalue weighted by atomic mass is 16.4. The summed E-state index contributed by atoms with van der Waals surface area (Å²) in [6.07, 6.45) is 0. The SMILES string of the molecule is c1ccc(B2Oc3ccccc3-c3ccccc3-c3nc4ccccc4n32)cc1. The van der Waals surface area contributed by atoms with E-state index in [0.29, 0.717) is 0 Å². The summed E-state index contributed by atoms with van der Waals surface area (Å²) in [6, 6.07) is 35.3. The van der Waals surface area contributed by atoms with Crippen LogP contribution in [-0.2, 0) is 0 Å². The average Bonchev–Trinajstić information content (AvgIpc) is 3.16. The summed E-state index contributed by atoms with van der Waals surface area (Å²) in [7, 11) is -0.312. The van der Waals surface area contributed by atoms with Gasteiger partial charge in [-0.3, -0.25) is 0 Å². The van der Waals surface area contributed by atoms with Gasteiger partial charge in [0, 0.05) is 11.1 Å². The van der Waals surface area contributed by atoms with Gasteiger partial charge in [0.1, 0.15) is 11.6 Å². The number of hydrogen-bond donors (Lipinski definition) is 0. The van der Waals surface area contributed by atoms with Gasteiger partial charge >= 0.3 is 7.05 Å². The fourth-order valence-corrected chi connectivity index (χ4v) is 4.18. The number of nitrogens with zero attached hydrogens (tertiary/aromatic N) is 2. The molecule has 0 saturated carbocycles. The lowest BCUT2D eigenvalue weighted by Crippen LogP contribution is -2.44. The van der Waals surface area contributed by atoms with Crippen molar-refractivity contribution < 1.29 is 4.65 Å². The van der Waals surface area contributed by atoms with Gasteiger partial charge in [-0.1, -0.05) is 84.9 Å². The Morgan fingerprint density at radius 1 is 0.621 bits per heavy atom. The normalized spacial score (nSPS) is 12.3. The lowest BCUT2D eigenvalue weighted by Gasteiger charge is -2.25. The highest BCUT2D eigenvalue weighted by Gasteiger charge is 2.33. The van der Waals surface area contributed by atoms with Crippen molar-refractivity contribution >= 4 is 23.5 Å². The van der Waals surface area contributed by atoms with Gasteiger partial charge in [0.05, 0.1) is 11.0 Å². The molecule has 0 bridgehead atoms. The van der Waals surface area contributed by atoms with E-state index in [1.807, 2.05) is 24.3 Å². The molecule has 1 aliphatic heterocycles. The molecule has 4 heteroatoms. The Balaban J connectivity index is 1.75. The molecular weight excluding hydrogens is 355 g/mol. The fourth-order valence-electron chi connectivity index (χ4n) is 4.18. The Morgan fingerprint density at radius 2 is 1.28 bits per heavy atom. The van der Waals surface area contributed by atoms with E-state index in [2.05, 4.69) is 83.3 Å². The predicted octanol–water partition coefficient (Wildman–Crippen LogP) is 5.01. The predicted molar refractivity (Wildman–Crippen MR) is 118 cm³/mol. The van der Waals surface area contributed by atoms with Crippen LogP contribution in [0.4, 0.5) is 0 Å². The lowest BCUT2D eigenvalue weighted by atomic mass is 9.71. The minimum atomic E-state index is -0.312. The van der Waals surface area contributed by atoms with Crippen LogP contribution in [0, 0.1) is 0 Å². The van der Waals surface area contributed by atoms with Crippen LogP contribution in [0.1, 0.15) is 0 Å². The van der Waals surface area contributed by atoms with Gasteiger partial charge in [-0.05, 0) is 29.2 Å². The maximum atomic E-state index is 6.70. The van der Waals surface area contributed by atoms with Crippen LogP contribution >= 0.6 is 0 Å². The first-order valence-electron chi connectivity index (χ1n) is 9.77. The number of rotatable bonds is 1. The van der Waals surface area contributed by atoms with Crippen LogP contribution in [-0.4, -0.2) is 16.5 Å². The minimum Gasteiger partial charge on any atom is -0.537 e. The smallest absolute Gasteiger partial charge is 0.525 e. The molecule has 0 spiro atoms. The van der Waals surface area contributed by atoms with E-state index in [0.717, 1.165) is 44.8 Å². The second-order valence-electron chi connectivity index (χ2n) is 7.22. The molecule has 0 fully saturated rings. The van der Waals surface area contributed by atoms with Crippen molar-refractivity contribution in [3.63, 3.8) is 0 Å². The highest BCUT2D eigenvalue weighted by Crippen LogP contribution is 2.40. The monoisotopic (exact) mass is 372 g/mol. The zero-order chi connectivity index (χ0) is 19.2. The Kier molecular flexibility index (Phi) is 3.56. The van der Waals surface area contributed by atoms with Gasteiger partial charge in [-0.2, -0.15) is 0 Å². The molecule has 3 nitrogen and oxygen atoms in total. The van der Waals surface area contributed by atoms with Crippen LogP contribution in [0.25, 0.3) is 33.5 Å². The number of para-hydroxylation sites is 3. The molecule has 2 heterocycles. The topological polar surface area (TPSA) is 27.1 Å². The van der Waals surface area contributed by atoms with Crippen molar-refractivity contribution in [3.8, 4) is 28.3 Å². The average molecular weight is 372 g/mol. The first kappa shape index (κ1) is 16.2. The van der Waals surface area contributed by atoms with E-state index >= 15 is 0 Å². The van der Waals surface area contributed by atoms with E-state index in [-0.39, 0.29) is 7.05 Å². The molecule has 0 saturated heterocycles. The van der Waals surface area contributed by atoms with Crippen LogP contribution < -0.4 is 10.1 Å². The quantitative estimate of drug-likeness (QED) is 0.387. The van der Waals surface area contributed by atoms with Crippen molar-refractivity contribution in [2.75, 3.05) is 0 Å². The fraction of sp³-hybridized carbons (Fsp3) is 0. The zero-order valence-electron chi connectivity index (χ0n) is 15.7. The van der Waals surface area contributed by atoms with Crippen molar-refractivity contribution in [1.29, 1.82) is 0 Å². The number of hydrogen-bond acceptors (Lipinski definition) is 2. The number of imidazole rings is 1. The third-order valence-corrected chi connectivity index (χ3v) is 5.50. The molecule has 4 aromatic carbocycles. The molecule has 0 amide bonds. The van der Waals surface area contributed by atoms with Gasteiger partial charge < -0.3 is 9.13 Å². The van der Waals surface area contributed by atoms with Gasteiger partial charge in [0.25, 0.3) is 0 Å². The van der Waals surface area contributed by atoms with Gasteiger partial charge in [-0.15, -0.1) is 0 Å². The van der Waals surface area contributed by atoms with Crippen LogP contribution in [0.3, 0.4) is 0 Å². The van der Waals surface area contributed by atoms with E-state index in [1.165, 1.54) is 0 Å². The van der Waals surface area contributed by atoms with Crippen LogP contribution in [0.15, 0.2) is 103 Å². The van der Waals surface area contributed by atoms with Crippen LogP contribution in [0.5, 0.6) is 5.75 Å². The number of aromatic nitrogens is 2. The molecule has 29 heavy (non-hydrogen) atoms. The third-order valence-electron chi connectivity index (χ3n) is 5.50. The van der Waals surface area contributed by atoms with Crippen LogP contribution in [0.2, 0.25) is 0 Å². The maximum Gasteiger partial charge on any atom is 0.525 e. The van der Waals surface area contributed by atoms with E-state index < -0.39 is 0 Å². The molecule has 6 rings (SSSR count). The summed E-state index contributed by atoms with van der Waals surface area (Å²) in [4.78, 5) is 5.03. The van der Waals surface area contributed by atoms with Crippen molar-refractivity contribution in [2.45, 2.75) is 0 Å². The third kappa shape index (κ3) is 2.49. The largest absolute Gasteiger partial charge is 0.537 e. The summed E-state index contributed by atoms with van der Waals surface area (Å²) in [6.45, 7) is 0. The molecule has 1 aromatic heterocycles. The molecule has 0 atom stereocenters. The Bertz CT molecular complexity index is 1340. The molecule has 0 radical (unpaired) electrons. The Labute approximate surface area is 169 Å². The maximum absolute atomic E-state index is 6.70. The molecule has 0 N–H and O–H groups in total. The second-order valence-corrected chi connectivity index (χ2v) is 7.22. The summed E-state index contributed by atoms with van der Waals surface area (Å²) in [5.74, 6) is 1.79. The van der Waals surface area contributed by atoms with E-state index in [4.69, 9.17) is 9.64 Å². The standard InChI is InChI=1S/C25H17BN2O/c1-2-10-18(11-3-1)26-28-23-16-8-7-15-22(23)27-25(28)21-14-5-4-12-19(21)20-13-6-9-17-24(20)29-26/h1-17H. The lowest BCUT2D eigenvalue weighted by molar-refractivity contribution is 0.570. The van der Waals surface area contributed by atoms with Gasteiger partial charge in [-0.25, -0.2) is 4.98 Å². The molecule has 5 aromatic rings. The summed E-state index contributed by atoms with van der Waals surface area (Å²) in [5.41, 5.74) is 6.44.